The van der Waals surface area contributed by atoms with E-state index in [-0.39, 0.29) is 17.1 Å². The van der Waals surface area contributed by atoms with Gasteiger partial charge in [0.05, 0.1) is 0 Å². The number of ketones is 1. The number of rotatable bonds is 1. The van der Waals surface area contributed by atoms with Crippen molar-refractivity contribution in [1.29, 1.82) is 0 Å². The zero-order chi connectivity index (χ0) is 8.48. The van der Waals surface area contributed by atoms with Gasteiger partial charge in [0.15, 0.2) is 0 Å². The van der Waals surface area contributed by atoms with Crippen LogP contribution in [0.3, 0.4) is 0 Å². The van der Waals surface area contributed by atoms with E-state index in [9.17, 15) is 9.59 Å². The number of hydrogen-bond acceptors (Lipinski definition) is 2. The van der Waals surface area contributed by atoms with Crippen LogP contribution >= 0.6 is 0 Å². The van der Waals surface area contributed by atoms with Crippen LogP contribution in [0.5, 0.6) is 0 Å². The van der Waals surface area contributed by atoms with E-state index in [0.29, 0.717) is 12.8 Å². The molecule has 0 aliphatic heterocycles. The Morgan fingerprint density at radius 1 is 1.55 bits per heavy atom. The fraction of sp³-hybridized carbons (Fsp3) is 0.778. The molecule has 0 N–H and O–H groups in total. The molecule has 1 saturated carbocycles. The molecule has 1 unspecified atom stereocenters. The molecule has 1 fully saturated rings. The molecule has 0 heterocycles. The molecule has 1 aliphatic carbocycles. The van der Waals surface area contributed by atoms with E-state index in [2.05, 4.69) is 13.8 Å². The molecule has 0 aromatic heterocycles. The van der Waals surface area contributed by atoms with E-state index in [1.165, 1.54) is 0 Å². The third-order valence-electron chi connectivity index (χ3n) is 2.66. The highest BCUT2D eigenvalue weighted by Gasteiger charge is 2.35. The Balaban J connectivity index is 2.70. The van der Waals surface area contributed by atoms with Crippen molar-refractivity contribution in [1.82, 2.24) is 0 Å². The summed E-state index contributed by atoms with van der Waals surface area (Å²) >= 11 is 0. The smallest absolute Gasteiger partial charge is 0.133 e. The van der Waals surface area contributed by atoms with Crippen molar-refractivity contribution < 1.29 is 9.59 Å². The van der Waals surface area contributed by atoms with E-state index in [1.54, 1.807) is 0 Å². The number of hydrogen-bond donors (Lipinski definition) is 0. The van der Waals surface area contributed by atoms with Gasteiger partial charge in [-0.2, -0.15) is 0 Å². The first-order valence-corrected chi connectivity index (χ1v) is 4.03. The van der Waals surface area contributed by atoms with Crippen molar-refractivity contribution in [3.8, 4) is 0 Å². The van der Waals surface area contributed by atoms with Crippen LogP contribution in [0, 0.1) is 11.3 Å². The Kier molecular flexibility index (Phi) is 2.12. The van der Waals surface area contributed by atoms with Crippen LogP contribution in [0.25, 0.3) is 0 Å². The van der Waals surface area contributed by atoms with Crippen molar-refractivity contribution in [3.05, 3.63) is 0 Å². The summed E-state index contributed by atoms with van der Waals surface area (Å²) in [5, 5.41) is 0. The van der Waals surface area contributed by atoms with Crippen molar-refractivity contribution in [2.45, 2.75) is 33.1 Å². The zero-order valence-corrected chi connectivity index (χ0v) is 7.09. The lowest BCUT2D eigenvalue weighted by Crippen LogP contribution is -2.32. The van der Waals surface area contributed by atoms with Gasteiger partial charge in [-0.15, -0.1) is 0 Å². The summed E-state index contributed by atoms with van der Waals surface area (Å²) in [6.45, 7) is 4.11. The minimum atomic E-state index is -0.0521. The number of aldehydes is 1. The normalized spacial score (nSPS) is 30.0. The minimum Gasteiger partial charge on any atom is -0.303 e. The Bertz CT molecular complexity index is 182. The summed E-state index contributed by atoms with van der Waals surface area (Å²) in [5.74, 6) is 0.185. The first-order valence-electron chi connectivity index (χ1n) is 4.03. The average Bonchev–Trinajstić information content (AvgIpc) is 1.94. The lowest BCUT2D eigenvalue weighted by molar-refractivity contribution is -0.129. The summed E-state index contributed by atoms with van der Waals surface area (Å²) < 4.78 is 0. The molecule has 0 bridgehead atoms. The Morgan fingerprint density at radius 3 is 2.64 bits per heavy atom. The monoisotopic (exact) mass is 154 g/mol. The van der Waals surface area contributed by atoms with E-state index >= 15 is 0 Å². The van der Waals surface area contributed by atoms with Gasteiger partial charge in [-0.05, 0) is 11.8 Å². The first kappa shape index (κ1) is 8.44. The largest absolute Gasteiger partial charge is 0.303 e. The van der Waals surface area contributed by atoms with Gasteiger partial charge < -0.3 is 4.79 Å². The Labute approximate surface area is 67.0 Å². The third-order valence-corrected chi connectivity index (χ3v) is 2.66. The molecule has 0 aromatic rings. The van der Waals surface area contributed by atoms with Gasteiger partial charge in [0.2, 0.25) is 0 Å². The van der Waals surface area contributed by atoms with Gasteiger partial charge >= 0.3 is 0 Å². The lowest BCUT2D eigenvalue weighted by atomic mass is 9.69. The van der Waals surface area contributed by atoms with Gasteiger partial charge in [-0.1, -0.05) is 13.8 Å². The molecule has 0 radical (unpaired) electrons. The molecular formula is C9H14O2. The predicted molar refractivity (Wildman–Crippen MR) is 42.2 cm³/mol. The highest BCUT2D eigenvalue weighted by molar-refractivity contribution is 5.82. The fourth-order valence-corrected chi connectivity index (χ4v) is 1.50. The summed E-state index contributed by atoms with van der Waals surface area (Å²) in [6.07, 6.45) is 2.89. The second-order valence-corrected chi connectivity index (χ2v) is 3.97. The summed E-state index contributed by atoms with van der Waals surface area (Å²) in [4.78, 5) is 21.5. The van der Waals surface area contributed by atoms with E-state index in [0.717, 1.165) is 12.7 Å². The van der Waals surface area contributed by atoms with Crippen LogP contribution in [-0.4, -0.2) is 12.1 Å². The summed E-state index contributed by atoms with van der Waals surface area (Å²) in [6, 6.07) is 0. The second-order valence-electron chi connectivity index (χ2n) is 3.97. The second kappa shape index (κ2) is 2.76. The standard InChI is InChI=1S/C9H14O2/c1-9(2)4-3-8(11)5-7(9)6-10/h6-7H,3-5H2,1-2H3. The SMILES string of the molecule is CC1(C)CCC(=O)CC1C=O. The molecule has 0 saturated heterocycles. The molecule has 2 nitrogen and oxygen atoms in total. The van der Waals surface area contributed by atoms with Crippen LogP contribution in [0.1, 0.15) is 33.1 Å². The number of Topliss-reactive ketones (excluding diaryl/α,β-unsaturated/α-hetero) is 1. The fourth-order valence-electron chi connectivity index (χ4n) is 1.50. The molecule has 1 aliphatic rings. The summed E-state index contributed by atoms with van der Waals surface area (Å²) in [5.41, 5.74) is 0.0374. The maximum Gasteiger partial charge on any atom is 0.133 e. The molecule has 1 rings (SSSR count). The quantitative estimate of drug-likeness (QED) is 0.537. The van der Waals surface area contributed by atoms with Crippen LogP contribution in [-0.2, 0) is 9.59 Å². The molecule has 0 amide bonds. The predicted octanol–water partition coefficient (Wildman–Crippen LogP) is 1.58. The highest BCUT2D eigenvalue weighted by atomic mass is 16.1. The molecule has 0 aromatic carbocycles. The van der Waals surface area contributed by atoms with E-state index < -0.39 is 0 Å². The first-order chi connectivity index (χ1) is 5.06. The van der Waals surface area contributed by atoms with Crippen molar-refractivity contribution in [2.75, 3.05) is 0 Å². The van der Waals surface area contributed by atoms with Crippen molar-refractivity contribution >= 4 is 12.1 Å². The van der Waals surface area contributed by atoms with E-state index in [4.69, 9.17) is 0 Å². The molecular weight excluding hydrogens is 140 g/mol. The average molecular weight is 154 g/mol. The van der Waals surface area contributed by atoms with Crippen LogP contribution in [0.2, 0.25) is 0 Å². The Morgan fingerprint density at radius 2 is 2.18 bits per heavy atom. The summed E-state index contributed by atoms with van der Waals surface area (Å²) in [7, 11) is 0. The van der Waals surface area contributed by atoms with Crippen LogP contribution < -0.4 is 0 Å². The van der Waals surface area contributed by atoms with Gasteiger partial charge in [-0.25, -0.2) is 0 Å². The van der Waals surface area contributed by atoms with Gasteiger partial charge in [0.25, 0.3) is 0 Å². The maximum absolute atomic E-state index is 11.0. The van der Waals surface area contributed by atoms with Gasteiger partial charge in [0, 0.05) is 18.8 Å². The van der Waals surface area contributed by atoms with Crippen molar-refractivity contribution in [3.63, 3.8) is 0 Å². The zero-order valence-electron chi connectivity index (χ0n) is 7.09. The number of carbonyl (C=O) groups excluding carboxylic acids is 2. The van der Waals surface area contributed by atoms with Crippen LogP contribution in [0.15, 0.2) is 0 Å². The maximum atomic E-state index is 11.0. The minimum absolute atomic E-state index is 0.0374. The van der Waals surface area contributed by atoms with Crippen LogP contribution in [0.4, 0.5) is 0 Å². The Hall–Kier alpha value is -0.660. The van der Waals surface area contributed by atoms with E-state index in [1.807, 2.05) is 0 Å². The topological polar surface area (TPSA) is 34.1 Å². The molecule has 62 valence electrons. The molecule has 1 atom stereocenters. The molecule has 11 heavy (non-hydrogen) atoms. The third kappa shape index (κ3) is 1.67. The molecule has 0 spiro atoms. The van der Waals surface area contributed by atoms with Gasteiger partial charge in [-0.3, -0.25) is 4.79 Å². The molecule has 2 heteroatoms. The lowest BCUT2D eigenvalue weighted by Gasteiger charge is -2.34. The highest BCUT2D eigenvalue weighted by Crippen LogP contribution is 2.37. The van der Waals surface area contributed by atoms with Gasteiger partial charge in [0.1, 0.15) is 12.1 Å². The van der Waals surface area contributed by atoms with Crippen molar-refractivity contribution in [2.24, 2.45) is 11.3 Å². The number of carbonyl (C=O) groups is 2.